The summed E-state index contributed by atoms with van der Waals surface area (Å²) in [5.41, 5.74) is 1.77. The normalized spacial score (nSPS) is 11.1. The van der Waals surface area contributed by atoms with Crippen molar-refractivity contribution in [3.63, 3.8) is 0 Å². The smallest absolute Gasteiger partial charge is 0.247 e. The molecule has 2 nitrogen and oxygen atoms in total. The first-order valence-corrected chi connectivity index (χ1v) is 5.24. The van der Waals surface area contributed by atoms with Crippen molar-refractivity contribution < 1.29 is 4.79 Å². The minimum atomic E-state index is -0.0503. The molecule has 0 aliphatic rings. The Morgan fingerprint density at radius 2 is 2.07 bits per heavy atom. The zero-order valence-corrected chi connectivity index (χ0v) is 9.54. The van der Waals surface area contributed by atoms with Crippen LogP contribution < -0.4 is 5.32 Å². The third-order valence-corrected chi connectivity index (χ3v) is 2.50. The van der Waals surface area contributed by atoms with Gasteiger partial charge in [0.1, 0.15) is 0 Å². The minimum Gasteiger partial charge on any atom is -0.348 e. The standard InChI is InChI=1S/C11H12BrNO/c1-9(7-12)11(14)13-8-10-5-3-2-4-6-10/h2-7H,8H2,1H3,(H,13,14)/b9-7+. The van der Waals surface area contributed by atoms with Gasteiger partial charge >= 0.3 is 0 Å². The van der Waals surface area contributed by atoms with Crippen molar-refractivity contribution in [1.29, 1.82) is 0 Å². The second-order valence-corrected chi connectivity index (χ2v) is 3.42. The summed E-state index contributed by atoms with van der Waals surface area (Å²) in [5.74, 6) is -0.0503. The maximum absolute atomic E-state index is 11.3. The number of benzene rings is 1. The van der Waals surface area contributed by atoms with E-state index in [0.29, 0.717) is 12.1 Å². The average molecular weight is 254 g/mol. The Kier molecular flexibility index (Phi) is 4.40. The Morgan fingerprint density at radius 1 is 1.43 bits per heavy atom. The van der Waals surface area contributed by atoms with Crippen LogP contribution >= 0.6 is 15.9 Å². The van der Waals surface area contributed by atoms with Crippen molar-refractivity contribution in [2.45, 2.75) is 13.5 Å². The number of rotatable bonds is 3. The zero-order valence-electron chi connectivity index (χ0n) is 7.96. The highest BCUT2D eigenvalue weighted by Crippen LogP contribution is 2.00. The predicted octanol–water partition coefficient (Wildman–Crippen LogP) is 2.60. The van der Waals surface area contributed by atoms with Crippen LogP contribution in [0, 0.1) is 0 Å². The average Bonchev–Trinajstić information content (AvgIpc) is 2.26. The topological polar surface area (TPSA) is 29.1 Å². The van der Waals surface area contributed by atoms with E-state index in [4.69, 9.17) is 0 Å². The van der Waals surface area contributed by atoms with Gasteiger partial charge < -0.3 is 5.32 Å². The number of halogens is 1. The van der Waals surface area contributed by atoms with Gasteiger partial charge in [-0.15, -0.1) is 0 Å². The lowest BCUT2D eigenvalue weighted by atomic mass is 10.2. The third-order valence-electron chi connectivity index (χ3n) is 1.82. The summed E-state index contributed by atoms with van der Waals surface area (Å²) >= 11 is 3.12. The van der Waals surface area contributed by atoms with Crippen molar-refractivity contribution in [2.75, 3.05) is 0 Å². The molecule has 0 saturated heterocycles. The maximum Gasteiger partial charge on any atom is 0.247 e. The van der Waals surface area contributed by atoms with Crippen molar-refractivity contribution in [3.8, 4) is 0 Å². The Morgan fingerprint density at radius 3 is 2.64 bits per heavy atom. The van der Waals surface area contributed by atoms with E-state index in [1.165, 1.54) is 0 Å². The first-order valence-electron chi connectivity index (χ1n) is 4.33. The van der Waals surface area contributed by atoms with Crippen LogP contribution in [0.5, 0.6) is 0 Å². The fraction of sp³-hybridized carbons (Fsp3) is 0.182. The van der Waals surface area contributed by atoms with E-state index in [9.17, 15) is 4.79 Å². The number of carbonyl (C=O) groups excluding carboxylic acids is 1. The summed E-state index contributed by atoms with van der Waals surface area (Å²) in [7, 11) is 0. The van der Waals surface area contributed by atoms with Crippen molar-refractivity contribution >= 4 is 21.8 Å². The van der Waals surface area contributed by atoms with Crippen LogP contribution in [-0.2, 0) is 11.3 Å². The lowest BCUT2D eigenvalue weighted by Crippen LogP contribution is -2.23. The molecule has 0 bridgehead atoms. The van der Waals surface area contributed by atoms with Crippen molar-refractivity contribution in [3.05, 3.63) is 46.5 Å². The van der Waals surface area contributed by atoms with E-state index >= 15 is 0 Å². The predicted molar refractivity (Wildman–Crippen MR) is 61.0 cm³/mol. The van der Waals surface area contributed by atoms with Gasteiger partial charge in [-0.1, -0.05) is 46.3 Å². The molecule has 0 spiro atoms. The minimum absolute atomic E-state index is 0.0503. The Balaban J connectivity index is 2.46. The number of hydrogen-bond acceptors (Lipinski definition) is 1. The van der Waals surface area contributed by atoms with Gasteiger partial charge in [-0.05, 0) is 17.5 Å². The first-order chi connectivity index (χ1) is 6.74. The van der Waals surface area contributed by atoms with Crippen molar-refractivity contribution in [2.24, 2.45) is 0 Å². The molecule has 0 aliphatic heterocycles. The second-order valence-electron chi connectivity index (χ2n) is 2.96. The molecular weight excluding hydrogens is 242 g/mol. The van der Waals surface area contributed by atoms with Gasteiger partial charge in [-0.3, -0.25) is 4.79 Å². The lowest BCUT2D eigenvalue weighted by molar-refractivity contribution is -0.117. The molecule has 0 atom stereocenters. The third kappa shape index (κ3) is 3.34. The van der Waals surface area contributed by atoms with E-state index < -0.39 is 0 Å². The second kappa shape index (κ2) is 5.60. The van der Waals surface area contributed by atoms with E-state index in [1.54, 1.807) is 11.9 Å². The number of nitrogens with one attached hydrogen (secondary N) is 1. The number of amides is 1. The largest absolute Gasteiger partial charge is 0.348 e. The molecule has 14 heavy (non-hydrogen) atoms. The van der Waals surface area contributed by atoms with E-state index in [0.717, 1.165) is 5.56 Å². The van der Waals surface area contributed by atoms with Crippen LogP contribution in [0.3, 0.4) is 0 Å². The van der Waals surface area contributed by atoms with Crippen LogP contribution in [0.15, 0.2) is 40.9 Å². The molecule has 0 radical (unpaired) electrons. The molecule has 3 heteroatoms. The van der Waals surface area contributed by atoms with Gasteiger partial charge in [0, 0.05) is 12.1 Å². The van der Waals surface area contributed by atoms with Gasteiger partial charge in [0.15, 0.2) is 0 Å². The first kappa shape index (κ1) is 11.0. The van der Waals surface area contributed by atoms with E-state index in [-0.39, 0.29) is 5.91 Å². The maximum atomic E-state index is 11.3. The zero-order chi connectivity index (χ0) is 10.4. The molecule has 0 aromatic heterocycles. The van der Waals surface area contributed by atoms with Crippen molar-refractivity contribution in [1.82, 2.24) is 5.32 Å². The summed E-state index contributed by atoms with van der Waals surface area (Å²) in [4.78, 5) is 13.0. The van der Waals surface area contributed by atoms with Gasteiger partial charge in [0.25, 0.3) is 0 Å². The number of hydrogen-bond donors (Lipinski definition) is 1. The molecule has 0 unspecified atom stereocenters. The summed E-state index contributed by atoms with van der Waals surface area (Å²) in [6.45, 7) is 2.33. The highest BCUT2D eigenvalue weighted by molar-refractivity contribution is 9.11. The Bertz CT molecular complexity index is 332. The highest BCUT2D eigenvalue weighted by atomic mass is 79.9. The number of carbonyl (C=O) groups is 1. The summed E-state index contributed by atoms with van der Waals surface area (Å²) in [6.07, 6.45) is 0. The SMILES string of the molecule is C/C(=C\Br)C(=O)NCc1ccccc1. The lowest BCUT2D eigenvalue weighted by Gasteiger charge is -2.04. The molecule has 74 valence electrons. The molecule has 0 aliphatic carbocycles. The summed E-state index contributed by atoms with van der Waals surface area (Å²) in [5, 5.41) is 2.81. The van der Waals surface area contributed by atoms with Crippen LogP contribution in [-0.4, -0.2) is 5.91 Å². The van der Waals surface area contributed by atoms with E-state index in [2.05, 4.69) is 21.2 Å². The highest BCUT2D eigenvalue weighted by Gasteiger charge is 2.01. The van der Waals surface area contributed by atoms with Gasteiger partial charge in [0.2, 0.25) is 5.91 Å². The molecule has 0 fully saturated rings. The molecule has 1 aromatic rings. The molecule has 1 amide bonds. The van der Waals surface area contributed by atoms with E-state index in [1.807, 2.05) is 30.3 Å². The fourth-order valence-electron chi connectivity index (χ4n) is 0.967. The molecule has 1 rings (SSSR count). The van der Waals surface area contributed by atoms with Crippen LogP contribution in [0.2, 0.25) is 0 Å². The monoisotopic (exact) mass is 253 g/mol. The molecule has 0 heterocycles. The van der Waals surface area contributed by atoms with Crippen LogP contribution in [0.4, 0.5) is 0 Å². The summed E-state index contributed by atoms with van der Waals surface area (Å²) < 4.78 is 0. The molecule has 0 saturated carbocycles. The quantitative estimate of drug-likeness (QED) is 0.825. The van der Waals surface area contributed by atoms with Gasteiger partial charge in [-0.25, -0.2) is 0 Å². The molecule has 1 aromatic carbocycles. The summed E-state index contributed by atoms with van der Waals surface area (Å²) in [6, 6.07) is 9.82. The van der Waals surface area contributed by atoms with Gasteiger partial charge in [0.05, 0.1) is 0 Å². The van der Waals surface area contributed by atoms with Crippen LogP contribution in [0.1, 0.15) is 12.5 Å². The molecule has 1 N–H and O–H groups in total. The van der Waals surface area contributed by atoms with Gasteiger partial charge in [-0.2, -0.15) is 0 Å². The Hall–Kier alpha value is -1.09. The fourth-order valence-corrected chi connectivity index (χ4v) is 1.18. The Labute approximate surface area is 92.1 Å². The molecular formula is C11H12BrNO. The van der Waals surface area contributed by atoms with Crippen LogP contribution in [0.25, 0.3) is 0 Å².